The molecule has 0 aromatic heterocycles. The summed E-state index contributed by atoms with van der Waals surface area (Å²) in [4.78, 5) is 16.6. The minimum Gasteiger partial charge on any atom is -0.376 e. The van der Waals surface area contributed by atoms with Gasteiger partial charge in [-0.1, -0.05) is 0 Å². The summed E-state index contributed by atoms with van der Waals surface area (Å²) in [7, 11) is 13.6. The summed E-state index contributed by atoms with van der Waals surface area (Å²) in [5, 5.41) is 9.14. The molecule has 0 unspecified atom stereocenters. The monoisotopic (exact) mass is 286 g/mol. The molecule has 0 saturated heterocycles. The summed E-state index contributed by atoms with van der Waals surface area (Å²) in [5.41, 5.74) is 0. The highest BCUT2D eigenvalue weighted by atomic mass is 16.3. The highest BCUT2D eigenvalue weighted by Gasteiger charge is 2.07. The van der Waals surface area contributed by atoms with Gasteiger partial charge in [0.15, 0.2) is 11.9 Å². The Hall–Kier alpha value is -1.50. The molecule has 0 bridgehead atoms. The van der Waals surface area contributed by atoms with E-state index in [2.05, 4.69) is 9.98 Å². The molecule has 0 atom stereocenters. The van der Waals surface area contributed by atoms with Gasteiger partial charge in [0.2, 0.25) is 0 Å². The first-order valence-corrected chi connectivity index (χ1v) is 6.74. The second-order valence-corrected chi connectivity index (χ2v) is 5.24. The van der Waals surface area contributed by atoms with Crippen molar-refractivity contribution in [2.45, 2.75) is 6.42 Å². The van der Waals surface area contributed by atoms with E-state index in [-0.39, 0.29) is 6.73 Å². The van der Waals surface area contributed by atoms with Gasteiger partial charge in [-0.05, 0) is 6.42 Å². The highest BCUT2D eigenvalue weighted by Crippen LogP contribution is 1.95. The lowest BCUT2D eigenvalue weighted by atomic mass is 10.4. The van der Waals surface area contributed by atoms with Crippen LogP contribution in [-0.4, -0.2) is 106 Å². The molecule has 0 rings (SSSR count). The third-order valence-electron chi connectivity index (χ3n) is 2.58. The average Bonchev–Trinajstić information content (AvgIpc) is 2.35. The molecule has 0 radical (unpaired) electrons. The third kappa shape index (κ3) is 6.60. The van der Waals surface area contributed by atoms with E-state index in [1.54, 1.807) is 4.90 Å². The second kappa shape index (κ2) is 9.41. The van der Waals surface area contributed by atoms with E-state index in [4.69, 9.17) is 5.11 Å². The molecule has 0 spiro atoms. The van der Waals surface area contributed by atoms with E-state index in [1.807, 2.05) is 64.0 Å². The maximum atomic E-state index is 9.14. The van der Waals surface area contributed by atoms with Crippen LogP contribution in [0.2, 0.25) is 0 Å². The first kappa shape index (κ1) is 18.5. The van der Waals surface area contributed by atoms with Crippen molar-refractivity contribution in [1.29, 1.82) is 0 Å². The molecule has 0 aliphatic heterocycles. The molecular formula is C13H30N6O. The molecule has 0 heterocycles. The fourth-order valence-electron chi connectivity index (χ4n) is 1.78. The lowest BCUT2D eigenvalue weighted by Crippen LogP contribution is -2.38. The van der Waals surface area contributed by atoms with Crippen LogP contribution in [0.5, 0.6) is 0 Å². The number of aliphatic imine (C=N–C) groups is 2. The predicted molar refractivity (Wildman–Crippen MR) is 85.1 cm³/mol. The predicted octanol–water partition coefficient (Wildman–Crippen LogP) is -0.345. The van der Waals surface area contributed by atoms with Gasteiger partial charge < -0.3 is 24.7 Å². The number of hydrogen-bond donors (Lipinski definition) is 1. The van der Waals surface area contributed by atoms with Crippen molar-refractivity contribution in [2.75, 3.05) is 69.2 Å². The van der Waals surface area contributed by atoms with Crippen molar-refractivity contribution < 1.29 is 5.11 Å². The molecule has 0 aromatic carbocycles. The summed E-state index contributed by atoms with van der Waals surface area (Å²) < 4.78 is 0. The van der Waals surface area contributed by atoms with E-state index < -0.39 is 0 Å². The number of aliphatic hydroxyl groups is 1. The van der Waals surface area contributed by atoms with E-state index in [1.165, 1.54) is 0 Å². The molecule has 0 fully saturated rings. The van der Waals surface area contributed by atoms with Crippen LogP contribution >= 0.6 is 0 Å². The fraction of sp³-hybridized carbons (Fsp3) is 0.846. The molecule has 0 aromatic rings. The summed E-state index contributed by atoms with van der Waals surface area (Å²) >= 11 is 0. The first-order chi connectivity index (χ1) is 9.31. The molecule has 7 nitrogen and oxygen atoms in total. The smallest absolute Gasteiger partial charge is 0.197 e. The van der Waals surface area contributed by atoms with Crippen molar-refractivity contribution in [3.63, 3.8) is 0 Å². The average molecular weight is 286 g/mol. The SMILES string of the molecule is CN(C)C(=NCCCN=C(N(C)C)N(C)CO)N(C)C. The summed E-state index contributed by atoms with van der Waals surface area (Å²) in [6.07, 6.45) is 0.877. The Labute approximate surface area is 123 Å². The van der Waals surface area contributed by atoms with Crippen LogP contribution in [0.3, 0.4) is 0 Å². The first-order valence-electron chi connectivity index (χ1n) is 6.74. The highest BCUT2D eigenvalue weighted by molar-refractivity contribution is 5.79. The third-order valence-corrected chi connectivity index (χ3v) is 2.58. The van der Waals surface area contributed by atoms with Crippen molar-refractivity contribution in [2.24, 2.45) is 9.98 Å². The van der Waals surface area contributed by atoms with E-state index in [9.17, 15) is 0 Å². The number of hydrogen-bond acceptors (Lipinski definition) is 3. The molecule has 0 aliphatic carbocycles. The number of aliphatic hydroxyl groups excluding tert-OH is 1. The lowest BCUT2D eigenvalue weighted by molar-refractivity contribution is 0.180. The molecule has 118 valence electrons. The Bertz CT molecular complexity index is 315. The minimum atomic E-state index is -0.0411. The maximum absolute atomic E-state index is 9.14. The maximum Gasteiger partial charge on any atom is 0.197 e. The zero-order chi connectivity index (χ0) is 15.7. The Morgan fingerprint density at radius 3 is 1.50 bits per heavy atom. The zero-order valence-electron chi connectivity index (χ0n) is 14.0. The normalized spacial score (nSPS) is 11.1. The summed E-state index contributed by atoms with van der Waals surface area (Å²) in [6.45, 7) is 1.38. The Morgan fingerprint density at radius 1 is 0.750 bits per heavy atom. The Morgan fingerprint density at radius 2 is 1.15 bits per heavy atom. The van der Waals surface area contributed by atoms with Crippen molar-refractivity contribution in [3.05, 3.63) is 0 Å². The van der Waals surface area contributed by atoms with Gasteiger partial charge in [0.1, 0.15) is 6.73 Å². The summed E-state index contributed by atoms with van der Waals surface area (Å²) in [5.74, 6) is 1.73. The van der Waals surface area contributed by atoms with Gasteiger partial charge in [-0.25, -0.2) is 0 Å². The van der Waals surface area contributed by atoms with Crippen molar-refractivity contribution in [1.82, 2.24) is 19.6 Å². The minimum absolute atomic E-state index is 0.0411. The number of rotatable bonds is 5. The van der Waals surface area contributed by atoms with Gasteiger partial charge in [-0.15, -0.1) is 0 Å². The van der Waals surface area contributed by atoms with Crippen LogP contribution in [-0.2, 0) is 0 Å². The van der Waals surface area contributed by atoms with Gasteiger partial charge >= 0.3 is 0 Å². The van der Waals surface area contributed by atoms with Gasteiger partial charge in [-0.2, -0.15) is 0 Å². The van der Waals surface area contributed by atoms with E-state index >= 15 is 0 Å². The van der Waals surface area contributed by atoms with Gasteiger partial charge in [0.25, 0.3) is 0 Å². The molecule has 0 amide bonds. The molecule has 1 N–H and O–H groups in total. The molecule has 20 heavy (non-hydrogen) atoms. The van der Waals surface area contributed by atoms with Crippen LogP contribution in [0.25, 0.3) is 0 Å². The van der Waals surface area contributed by atoms with Gasteiger partial charge in [0.05, 0.1) is 0 Å². The van der Waals surface area contributed by atoms with Crippen LogP contribution in [0.4, 0.5) is 0 Å². The largest absolute Gasteiger partial charge is 0.376 e. The van der Waals surface area contributed by atoms with Crippen molar-refractivity contribution in [3.8, 4) is 0 Å². The molecule has 0 aliphatic rings. The lowest BCUT2D eigenvalue weighted by Gasteiger charge is -2.24. The Kier molecular flexibility index (Phi) is 8.71. The van der Waals surface area contributed by atoms with Crippen LogP contribution < -0.4 is 0 Å². The van der Waals surface area contributed by atoms with Gasteiger partial charge in [-0.3, -0.25) is 9.98 Å². The fourth-order valence-corrected chi connectivity index (χ4v) is 1.78. The molecular weight excluding hydrogens is 256 g/mol. The van der Waals surface area contributed by atoms with Crippen LogP contribution in [0.15, 0.2) is 9.98 Å². The molecule has 0 saturated carbocycles. The van der Waals surface area contributed by atoms with Gasteiger partial charge in [0, 0.05) is 62.4 Å². The summed E-state index contributed by atoms with van der Waals surface area (Å²) in [6, 6.07) is 0. The Balaban J connectivity index is 4.39. The topological polar surface area (TPSA) is 57.9 Å². The van der Waals surface area contributed by atoms with Crippen LogP contribution in [0, 0.1) is 0 Å². The van der Waals surface area contributed by atoms with E-state index in [0.717, 1.165) is 24.9 Å². The quantitative estimate of drug-likeness (QED) is 0.324. The second-order valence-electron chi connectivity index (χ2n) is 5.24. The van der Waals surface area contributed by atoms with Crippen molar-refractivity contribution >= 4 is 11.9 Å². The molecule has 7 heteroatoms. The van der Waals surface area contributed by atoms with E-state index in [0.29, 0.717) is 6.54 Å². The number of guanidine groups is 2. The standard InChI is InChI=1S/C13H30N6O/c1-16(2)12(17(3)4)14-9-8-10-15-13(18(5)6)19(7)11-20/h20H,8-11H2,1-7H3. The van der Waals surface area contributed by atoms with Crippen LogP contribution in [0.1, 0.15) is 6.42 Å². The number of nitrogens with zero attached hydrogens (tertiary/aromatic N) is 6. The zero-order valence-corrected chi connectivity index (χ0v) is 14.0.